The fraction of sp³-hybridized carbons (Fsp3) is 0.333. The normalized spacial score (nSPS) is 12.2. The molecule has 0 saturated carbocycles. The van der Waals surface area contributed by atoms with Crippen LogP contribution in [0.15, 0.2) is 42.7 Å². The van der Waals surface area contributed by atoms with Crippen LogP contribution < -0.4 is 10.6 Å². The van der Waals surface area contributed by atoms with E-state index >= 15 is 0 Å². The molecule has 0 saturated heterocycles. The van der Waals surface area contributed by atoms with Crippen LogP contribution in [0, 0.1) is 0 Å². The summed E-state index contributed by atoms with van der Waals surface area (Å²) < 4.78 is 0. The van der Waals surface area contributed by atoms with Crippen LogP contribution in [0.3, 0.4) is 0 Å². The van der Waals surface area contributed by atoms with E-state index < -0.39 is 0 Å². The van der Waals surface area contributed by atoms with Gasteiger partial charge in [0.2, 0.25) is 0 Å². The molecule has 2 N–H and O–H groups in total. The molecule has 0 unspecified atom stereocenters. The van der Waals surface area contributed by atoms with Crippen molar-refractivity contribution in [1.29, 1.82) is 0 Å². The summed E-state index contributed by atoms with van der Waals surface area (Å²) in [5.74, 6) is 0. The third-order valence-corrected chi connectivity index (χ3v) is 3.11. The number of aromatic nitrogens is 2. The first kappa shape index (κ1) is 13.5. The molecule has 100 valence electrons. The molecule has 2 aromatic heterocycles. The van der Waals surface area contributed by atoms with Gasteiger partial charge in [0.25, 0.3) is 0 Å². The second kappa shape index (κ2) is 6.29. The van der Waals surface area contributed by atoms with Gasteiger partial charge in [-0.3, -0.25) is 9.97 Å². The second-order valence-electron chi connectivity index (χ2n) is 4.72. The minimum atomic E-state index is -0.0205. The predicted octanol–water partition coefficient (Wildman–Crippen LogP) is 2.18. The fourth-order valence-electron chi connectivity index (χ4n) is 1.85. The molecule has 2 aromatic rings. The van der Waals surface area contributed by atoms with Gasteiger partial charge in [0.1, 0.15) is 0 Å². The van der Waals surface area contributed by atoms with Crippen LogP contribution in [-0.4, -0.2) is 23.6 Å². The molecule has 1 atom stereocenters. The average Bonchev–Trinajstić information content (AvgIpc) is 2.46. The lowest BCUT2D eigenvalue weighted by Crippen LogP contribution is -2.21. The Labute approximate surface area is 114 Å². The van der Waals surface area contributed by atoms with E-state index in [1.54, 1.807) is 0 Å². The zero-order chi connectivity index (χ0) is 13.7. The highest BCUT2D eigenvalue weighted by Gasteiger charge is 2.04. The maximum Gasteiger partial charge on any atom is 0.0569 e. The van der Waals surface area contributed by atoms with E-state index in [2.05, 4.69) is 28.0 Å². The van der Waals surface area contributed by atoms with Gasteiger partial charge in [-0.25, -0.2) is 0 Å². The molecular weight excluding hydrogens is 236 g/mol. The highest BCUT2D eigenvalue weighted by Crippen LogP contribution is 2.14. The minimum Gasteiger partial charge on any atom is -0.373 e. The second-order valence-corrected chi connectivity index (χ2v) is 4.72. The van der Waals surface area contributed by atoms with Gasteiger partial charge < -0.3 is 10.6 Å². The van der Waals surface area contributed by atoms with Crippen LogP contribution >= 0.6 is 0 Å². The summed E-state index contributed by atoms with van der Waals surface area (Å²) in [5, 5.41) is 0. The molecule has 4 nitrogen and oxygen atoms in total. The Morgan fingerprint density at radius 3 is 2.63 bits per heavy atom. The summed E-state index contributed by atoms with van der Waals surface area (Å²) in [7, 11) is 2.06. The lowest BCUT2D eigenvalue weighted by molar-refractivity contribution is 0.777. The van der Waals surface area contributed by atoms with Gasteiger partial charge in [-0.05, 0) is 31.2 Å². The summed E-state index contributed by atoms with van der Waals surface area (Å²) in [6.07, 6.45) is 4.62. The van der Waals surface area contributed by atoms with Crippen molar-refractivity contribution in [3.63, 3.8) is 0 Å². The molecule has 0 aromatic carbocycles. The van der Waals surface area contributed by atoms with Gasteiger partial charge in [-0.15, -0.1) is 0 Å². The van der Waals surface area contributed by atoms with Crippen molar-refractivity contribution in [3.05, 3.63) is 54.1 Å². The molecule has 2 heterocycles. The first-order valence-corrected chi connectivity index (χ1v) is 6.49. The molecule has 0 fully saturated rings. The number of nitrogens with zero attached hydrogens (tertiary/aromatic N) is 3. The van der Waals surface area contributed by atoms with Gasteiger partial charge in [0, 0.05) is 37.9 Å². The summed E-state index contributed by atoms with van der Waals surface area (Å²) in [6, 6.07) is 10.0. The van der Waals surface area contributed by atoms with Gasteiger partial charge in [0.05, 0.1) is 17.6 Å². The van der Waals surface area contributed by atoms with Crippen LogP contribution in [-0.2, 0) is 6.42 Å². The fourth-order valence-corrected chi connectivity index (χ4v) is 1.85. The monoisotopic (exact) mass is 256 g/mol. The number of anilines is 1. The van der Waals surface area contributed by atoms with E-state index in [4.69, 9.17) is 5.73 Å². The van der Waals surface area contributed by atoms with Crippen molar-refractivity contribution in [2.45, 2.75) is 19.4 Å². The quantitative estimate of drug-likeness (QED) is 0.891. The van der Waals surface area contributed by atoms with Gasteiger partial charge in [0.15, 0.2) is 0 Å². The van der Waals surface area contributed by atoms with Crippen molar-refractivity contribution < 1.29 is 0 Å². The number of pyridine rings is 2. The van der Waals surface area contributed by atoms with E-state index in [1.807, 2.05) is 43.6 Å². The standard InChI is InChI=1S/C15H20N4/c1-12(16)15-7-6-14(11-18-15)19(2)10-8-13-5-3-4-9-17-13/h3-7,9,11-12H,8,10,16H2,1-2H3/t12-/m0/s1. The van der Waals surface area contributed by atoms with E-state index in [9.17, 15) is 0 Å². The molecule has 0 radical (unpaired) electrons. The van der Waals surface area contributed by atoms with E-state index in [-0.39, 0.29) is 6.04 Å². The van der Waals surface area contributed by atoms with Crippen molar-refractivity contribution in [1.82, 2.24) is 9.97 Å². The maximum absolute atomic E-state index is 5.79. The molecule has 0 aliphatic carbocycles. The number of likely N-dealkylation sites (N-methyl/N-ethyl adjacent to an activating group) is 1. The smallest absolute Gasteiger partial charge is 0.0569 e. The first-order valence-electron chi connectivity index (χ1n) is 6.49. The van der Waals surface area contributed by atoms with Gasteiger partial charge in [-0.1, -0.05) is 6.07 Å². The maximum atomic E-state index is 5.79. The number of nitrogens with two attached hydrogens (primary N) is 1. The summed E-state index contributed by atoms with van der Waals surface area (Å²) in [4.78, 5) is 10.9. The Hall–Kier alpha value is -1.94. The number of hydrogen-bond acceptors (Lipinski definition) is 4. The molecule has 4 heteroatoms. The lowest BCUT2D eigenvalue weighted by atomic mass is 10.2. The summed E-state index contributed by atoms with van der Waals surface area (Å²) in [6.45, 7) is 2.85. The Morgan fingerprint density at radius 1 is 1.21 bits per heavy atom. The largest absolute Gasteiger partial charge is 0.373 e. The SMILES string of the molecule is C[C@H](N)c1ccc(N(C)CCc2ccccn2)cn1. The van der Waals surface area contributed by atoms with Crippen LogP contribution in [0.2, 0.25) is 0 Å². The third-order valence-electron chi connectivity index (χ3n) is 3.11. The van der Waals surface area contributed by atoms with Crippen LogP contribution in [0.25, 0.3) is 0 Å². The number of hydrogen-bond donors (Lipinski definition) is 1. The van der Waals surface area contributed by atoms with Crippen molar-refractivity contribution >= 4 is 5.69 Å². The van der Waals surface area contributed by atoms with Crippen LogP contribution in [0.1, 0.15) is 24.4 Å². The average molecular weight is 256 g/mol. The Bertz CT molecular complexity index is 493. The highest BCUT2D eigenvalue weighted by atomic mass is 15.1. The van der Waals surface area contributed by atoms with E-state index in [1.165, 1.54) is 0 Å². The minimum absolute atomic E-state index is 0.0205. The summed E-state index contributed by atoms with van der Waals surface area (Å²) >= 11 is 0. The van der Waals surface area contributed by atoms with E-state index in [0.29, 0.717) is 0 Å². The van der Waals surface area contributed by atoms with Crippen molar-refractivity contribution in [2.24, 2.45) is 5.73 Å². The topological polar surface area (TPSA) is 55.0 Å². The molecular formula is C15H20N4. The molecule has 19 heavy (non-hydrogen) atoms. The molecule has 0 aliphatic heterocycles. The molecule has 0 amide bonds. The van der Waals surface area contributed by atoms with Crippen molar-refractivity contribution in [2.75, 3.05) is 18.5 Å². The first-order chi connectivity index (χ1) is 9.16. The van der Waals surface area contributed by atoms with Crippen LogP contribution in [0.5, 0.6) is 0 Å². The Balaban J connectivity index is 1.94. The van der Waals surface area contributed by atoms with E-state index in [0.717, 1.165) is 30.0 Å². The Morgan fingerprint density at radius 2 is 2.05 bits per heavy atom. The Kier molecular flexibility index (Phi) is 4.47. The summed E-state index contributed by atoms with van der Waals surface area (Å²) in [5.41, 5.74) is 8.91. The van der Waals surface area contributed by atoms with Gasteiger partial charge >= 0.3 is 0 Å². The van der Waals surface area contributed by atoms with Crippen molar-refractivity contribution in [3.8, 4) is 0 Å². The highest BCUT2D eigenvalue weighted by molar-refractivity contribution is 5.43. The number of rotatable bonds is 5. The molecule has 0 aliphatic rings. The zero-order valence-corrected chi connectivity index (χ0v) is 11.5. The van der Waals surface area contributed by atoms with Crippen LogP contribution in [0.4, 0.5) is 5.69 Å². The molecule has 0 bridgehead atoms. The zero-order valence-electron chi connectivity index (χ0n) is 11.5. The molecule has 2 rings (SSSR count). The third kappa shape index (κ3) is 3.76. The van der Waals surface area contributed by atoms with Gasteiger partial charge in [-0.2, -0.15) is 0 Å². The predicted molar refractivity (Wildman–Crippen MR) is 78.1 cm³/mol. The lowest BCUT2D eigenvalue weighted by Gasteiger charge is -2.19. The molecule has 0 spiro atoms.